The number of hydrogen-bond acceptors (Lipinski definition) is 8. The molecule has 5 rings (SSSR count). The number of nitrogens with zero attached hydrogens (tertiary/aromatic N) is 5. The van der Waals surface area contributed by atoms with Crippen LogP contribution in [0.4, 0.5) is 19.1 Å². The van der Waals surface area contributed by atoms with Crippen LogP contribution in [0.3, 0.4) is 0 Å². The van der Waals surface area contributed by atoms with Gasteiger partial charge in [0.25, 0.3) is 5.56 Å². The van der Waals surface area contributed by atoms with E-state index >= 15 is 0 Å². The molecule has 0 radical (unpaired) electrons. The SMILES string of the molecule is O=c1ccn2c([C@H]3CCC[C@@H](Nc4ncc(C(F)(F)F)c(OC5COC5)n4)C3)nnc2[nH]1. The first-order valence-corrected chi connectivity index (χ1v) is 10.3. The van der Waals surface area contributed by atoms with Crippen molar-refractivity contribution < 1.29 is 22.6 Å². The summed E-state index contributed by atoms with van der Waals surface area (Å²) in [5.41, 5.74) is -1.27. The quantitative estimate of drug-likeness (QED) is 0.606. The second-order valence-electron chi connectivity index (χ2n) is 7.95. The highest BCUT2D eigenvalue weighted by atomic mass is 19.4. The lowest BCUT2D eigenvalue weighted by molar-refractivity contribution is -0.142. The minimum absolute atomic E-state index is 0.0550. The van der Waals surface area contributed by atoms with E-state index < -0.39 is 23.7 Å². The monoisotopic (exact) mass is 451 g/mol. The van der Waals surface area contributed by atoms with E-state index in [1.807, 2.05) is 0 Å². The van der Waals surface area contributed by atoms with Gasteiger partial charge in [-0.3, -0.25) is 14.2 Å². The first kappa shape index (κ1) is 20.7. The molecular weight excluding hydrogens is 431 g/mol. The summed E-state index contributed by atoms with van der Waals surface area (Å²) in [7, 11) is 0. The van der Waals surface area contributed by atoms with Gasteiger partial charge >= 0.3 is 6.18 Å². The van der Waals surface area contributed by atoms with E-state index in [-0.39, 0.29) is 36.7 Å². The number of halogens is 3. The molecule has 3 aromatic rings. The molecule has 1 saturated carbocycles. The predicted molar refractivity (Wildman–Crippen MR) is 104 cm³/mol. The summed E-state index contributed by atoms with van der Waals surface area (Å²) in [6.07, 6.45) is 0.527. The van der Waals surface area contributed by atoms with Gasteiger partial charge in [0.15, 0.2) is 0 Å². The number of ether oxygens (including phenoxy) is 2. The minimum Gasteiger partial charge on any atom is -0.469 e. The minimum atomic E-state index is -4.62. The van der Waals surface area contributed by atoms with E-state index in [0.717, 1.165) is 31.3 Å². The Morgan fingerprint density at radius 1 is 1.25 bits per heavy atom. The fraction of sp³-hybridized carbons (Fsp3) is 0.526. The zero-order chi connectivity index (χ0) is 22.3. The predicted octanol–water partition coefficient (Wildman–Crippen LogP) is 2.14. The number of rotatable bonds is 5. The summed E-state index contributed by atoms with van der Waals surface area (Å²) in [5.74, 6) is 0.734. The molecule has 1 saturated heterocycles. The van der Waals surface area contributed by atoms with Crippen molar-refractivity contribution in [1.29, 1.82) is 0 Å². The summed E-state index contributed by atoms with van der Waals surface area (Å²) >= 11 is 0. The maximum absolute atomic E-state index is 13.3. The van der Waals surface area contributed by atoms with Crippen LogP contribution in [0, 0.1) is 0 Å². The molecule has 1 aliphatic carbocycles. The third-order valence-corrected chi connectivity index (χ3v) is 5.65. The Morgan fingerprint density at radius 3 is 2.84 bits per heavy atom. The number of H-pyrrole nitrogens is 1. The van der Waals surface area contributed by atoms with Gasteiger partial charge in [0.05, 0.1) is 13.2 Å². The van der Waals surface area contributed by atoms with Crippen LogP contribution in [-0.2, 0) is 10.9 Å². The highest BCUT2D eigenvalue weighted by molar-refractivity contribution is 5.36. The van der Waals surface area contributed by atoms with Gasteiger partial charge in [0.2, 0.25) is 17.6 Å². The van der Waals surface area contributed by atoms with Crippen molar-refractivity contribution in [3.63, 3.8) is 0 Å². The van der Waals surface area contributed by atoms with E-state index in [0.29, 0.717) is 12.2 Å². The highest BCUT2D eigenvalue weighted by Crippen LogP contribution is 2.37. The van der Waals surface area contributed by atoms with Crippen LogP contribution >= 0.6 is 0 Å². The maximum atomic E-state index is 13.3. The van der Waals surface area contributed by atoms with Gasteiger partial charge in [-0.25, -0.2) is 4.98 Å². The number of hydrogen-bond donors (Lipinski definition) is 2. The van der Waals surface area contributed by atoms with Crippen molar-refractivity contribution in [2.24, 2.45) is 0 Å². The highest BCUT2D eigenvalue weighted by Gasteiger charge is 2.38. The molecule has 13 heteroatoms. The summed E-state index contributed by atoms with van der Waals surface area (Å²) in [6.45, 7) is 0.456. The average Bonchev–Trinajstić information content (AvgIpc) is 3.13. The number of alkyl halides is 3. The number of nitrogens with one attached hydrogen (secondary N) is 2. The maximum Gasteiger partial charge on any atom is 0.423 e. The van der Waals surface area contributed by atoms with E-state index in [4.69, 9.17) is 9.47 Å². The van der Waals surface area contributed by atoms with Crippen molar-refractivity contribution in [3.05, 3.63) is 40.2 Å². The average molecular weight is 451 g/mol. The lowest BCUT2D eigenvalue weighted by Crippen LogP contribution is -2.39. The summed E-state index contributed by atoms with van der Waals surface area (Å²) in [5, 5.41) is 11.4. The van der Waals surface area contributed by atoms with Gasteiger partial charge in [0.1, 0.15) is 17.5 Å². The molecule has 10 nitrogen and oxygen atoms in total. The molecule has 2 atom stereocenters. The van der Waals surface area contributed by atoms with Crippen molar-refractivity contribution in [3.8, 4) is 5.88 Å². The normalized spacial score (nSPS) is 22.0. The van der Waals surface area contributed by atoms with Gasteiger partial charge in [-0.1, -0.05) is 6.42 Å². The Morgan fingerprint density at radius 2 is 2.09 bits per heavy atom. The second-order valence-corrected chi connectivity index (χ2v) is 7.95. The second kappa shape index (κ2) is 8.04. The molecule has 1 aliphatic heterocycles. The Balaban J connectivity index is 1.34. The Labute approximate surface area is 179 Å². The Bertz CT molecular complexity index is 1170. The largest absolute Gasteiger partial charge is 0.469 e. The Hall–Kier alpha value is -3.22. The molecule has 32 heavy (non-hydrogen) atoms. The Kier molecular flexibility index (Phi) is 5.19. The molecule has 0 bridgehead atoms. The zero-order valence-electron chi connectivity index (χ0n) is 16.8. The molecule has 2 aliphatic rings. The van der Waals surface area contributed by atoms with Crippen molar-refractivity contribution in [2.45, 2.75) is 49.9 Å². The standard InChI is InChI=1S/C19H20F3N7O3/c20-19(21,22)13-7-23-17(26-16(13)32-12-8-31-9-12)24-11-3-1-2-10(6-11)15-27-28-18-25-14(30)4-5-29(15)18/h4-5,7,10-12H,1-3,6,8-9H2,(H,23,24,26)(H,25,28,30)/t10-,11+/m0/s1. The summed E-state index contributed by atoms with van der Waals surface area (Å²) in [4.78, 5) is 22.0. The van der Waals surface area contributed by atoms with Crippen LogP contribution in [0.15, 0.2) is 23.3 Å². The summed E-state index contributed by atoms with van der Waals surface area (Å²) < 4.78 is 52.1. The van der Waals surface area contributed by atoms with E-state index in [1.165, 1.54) is 6.07 Å². The van der Waals surface area contributed by atoms with Crippen LogP contribution < -0.4 is 15.6 Å². The van der Waals surface area contributed by atoms with E-state index in [1.54, 1.807) is 10.6 Å². The number of fused-ring (bicyclic) bond motifs is 1. The van der Waals surface area contributed by atoms with Crippen molar-refractivity contribution in [1.82, 2.24) is 29.5 Å². The number of anilines is 1. The van der Waals surface area contributed by atoms with Crippen LogP contribution in [0.5, 0.6) is 5.88 Å². The van der Waals surface area contributed by atoms with Crippen LogP contribution in [0.25, 0.3) is 5.78 Å². The molecule has 170 valence electrons. The molecular formula is C19H20F3N7O3. The molecule has 2 fully saturated rings. The first-order valence-electron chi connectivity index (χ1n) is 10.3. The fourth-order valence-electron chi connectivity index (χ4n) is 4.01. The van der Waals surface area contributed by atoms with Crippen molar-refractivity contribution in [2.75, 3.05) is 18.5 Å². The fourth-order valence-corrected chi connectivity index (χ4v) is 4.01. The lowest BCUT2D eigenvalue weighted by Gasteiger charge is -2.29. The molecule has 3 aromatic heterocycles. The molecule has 0 unspecified atom stereocenters. The van der Waals surface area contributed by atoms with Crippen LogP contribution in [-0.4, -0.2) is 54.9 Å². The lowest BCUT2D eigenvalue weighted by atomic mass is 9.85. The first-order chi connectivity index (χ1) is 15.4. The molecule has 0 spiro atoms. The zero-order valence-corrected chi connectivity index (χ0v) is 16.8. The van der Waals surface area contributed by atoms with Gasteiger partial charge in [0, 0.05) is 30.4 Å². The number of aromatic amines is 1. The smallest absolute Gasteiger partial charge is 0.423 e. The van der Waals surface area contributed by atoms with Crippen LogP contribution in [0.1, 0.15) is 43.0 Å². The van der Waals surface area contributed by atoms with E-state index in [9.17, 15) is 18.0 Å². The van der Waals surface area contributed by atoms with Crippen molar-refractivity contribution >= 4 is 11.7 Å². The molecule has 2 N–H and O–H groups in total. The van der Waals surface area contributed by atoms with Gasteiger partial charge in [-0.05, 0) is 19.3 Å². The van der Waals surface area contributed by atoms with Gasteiger partial charge in [-0.15, -0.1) is 10.2 Å². The summed E-state index contributed by atoms with van der Waals surface area (Å²) in [6, 6.07) is 1.34. The molecule has 4 heterocycles. The number of aromatic nitrogens is 6. The third-order valence-electron chi connectivity index (χ3n) is 5.65. The van der Waals surface area contributed by atoms with Gasteiger partial charge < -0.3 is 14.8 Å². The van der Waals surface area contributed by atoms with E-state index in [2.05, 4.69) is 30.5 Å². The molecule has 0 aromatic carbocycles. The topological polar surface area (TPSA) is 119 Å². The third kappa shape index (κ3) is 4.11. The molecule has 0 amide bonds. The van der Waals surface area contributed by atoms with Gasteiger partial charge in [-0.2, -0.15) is 18.2 Å². The van der Waals surface area contributed by atoms with Crippen LogP contribution in [0.2, 0.25) is 0 Å².